The maximum atomic E-state index is 12.2. The topological polar surface area (TPSA) is 96.7 Å². The molecule has 3 fully saturated rings. The molecule has 0 bridgehead atoms. The van der Waals surface area contributed by atoms with Gasteiger partial charge in [0.1, 0.15) is 12.6 Å². The summed E-state index contributed by atoms with van der Waals surface area (Å²) in [5, 5.41) is 21.3. The van der Waals surface area contributed by atoms with Gasteiger partial charge in [0.2, 0.25) is 11.8 Å². The Kier molecular flexibility index (Phi) is 6.44. The van der Waals surface area contributed by atoms with Crippen LogP contribution < -0.4 is 5.32 Å². The Morgan fingerprint density at radius 2 is 1.88 bits per heavy atom. The molecule has 3 rings (SSSR count). The molecule has 0 spiro atoms. The second-order valence-corrected chi connectivity index (χ2v) is 6.90. The highest BCUT2D eigenvalue weighted by atomic mass is 35.5. The second-order valence-electron chi connectivity index (χ2n) is 6.90. The lowest BCUT2D eigenvalue weighted by molar-refractivity contribution is -0.133. The minimum atomic E-state index is -0.411. The number of halogens is 1. The average molecular weight is 357 g/mol. The van der Waals surface area contributed by atoms with E-state index in [9.17, 15) is 9.59 Å². The number of aliphatic hydroxyl groups excluding tert-OH is 1. The van der Waals surface area contributed by atoms with Crippen LogP contribution in [-0.4, -0.2) is 71.6 Å². The van der Waals surface area contributed by atoms with Crippen molar-refractivity contribution < 1.29 is 14.7 Å². The van der Waals surface area contributed by atoms with Crippen LogP contribution in [0, 0.1) is 23.2 Å². The SMILES string of the molecule is Cl.N#C[C@@H]1CCCN1C(=O)CNC1C[C@@H]2CN(C(=O)CO)C[C@@H]2C1. The molecule has 1 unspecified atom stereocenters. The zero-order valence-corrected chi connectivity index (χ0v) is 14.5. The van der Waals surface area contributed by atoms with Gasteiger partial charge in [-0.1, -0.05) is 0 Å². The van der Waals surface area contributed by atoms with Crippen LogP contribution in [0.5, 0.6) is 0 Å². The average Bonchev–Trinajstić information content (AvgIpc) is 3.24. The molecule has 4 atom stereocenters. The first-order valence-electron chi connectivity index (χ1n) is 8.43. The number of nitrogens with zero attached hydrogens (tertiary/aromatic N) is 3. The van der Waals surface area contributed by atoms with Crippen molar-refractivity contribution in [3.05, 3.63) is 0 Å². The van der Waals surface area contributed by atoms with Gasteiger partial charge in [0.15, 0.2) is 0 Å². The van der Waals surface area contributed by atoms with Crippen LogP contribution >= 0.6 is 12.4 Å². The fraction of sp³-hybridized carbons (Fsp3) is 0.812. The summed E-state index contributed by atoms with van der Waals surface area (Å²) >= 11 is 0. The quantitative estimate of drug-likeness (QED) is 0.723. The number of rotatable bonds is 4. The summed E-state index contributed by atoms with van der Waals surface area (Å²) in [6, 6.07) is 2.25. The summed E-state index contributed by atoms with van der Waals surface area (Å²) in [4.78, 5) is 27.2. The fourth-order valence-electron chi connectivity index (χ4n) is 4.30. The highest BCUT2D eigenvalue weighted by Crippen LogP contribution is 2.38. The fourth-order valence-corrected chi connectivity index (χ4v) is 4.30. The zero-order valence-electron chi connectivity index (χ0n) is 13.7. The summed E-state index contributed by atoms with van der Waals surface area (Å²) in [7, 11) is 0. The van der Waals surface area contributed by atoms with Gasteiger partial charge in [-0.25, -0.2) is 0 Å². The lowest BCUT2D eigenvalue weighted by Gasteiger charge is -2.22. The van der Waals surface area contributed by atoms with E-state index in [1.807, 2.05) is 0 Å². The number of amides is 2. The molecule has 1 aliphatic carbocycles. The van der Waals surface area contributed by atoms with Crippen LogP contribution in [-0.2, 0) is 9.59 Å². The van der Waals surface area contributed by atoms with Crippen molar-refractivity contribution in [3.8, 4) is 6.07 Å². The molecule has 0 radical (unpaired) electrons. The van der Waals surface area contributed by atoms with E-state index in [2.05, 4.69) is 11.4 Å². The minimum Gasteiger partial charge on any atom is -0.387 e. The van der Waals surface area contributed by atoms with Gasteiger partial charge in [-0.15, -0.1) is 12.4 Å². The molecule has 8 heteroatoms. The molecule has 0 aromatic rings. The Bertz CT molecular complexity index is 510. The van der Waals surface area contributed by atoms with Gasteiger partial charge in [-0.3, -0.25) is 9.59 Å². The number of fused-ring (bicyclic) bond motifs is 1. The molecule has 0 aromatic heterocycles. The second kappa shape index (κ2) is 8.15. The van der Waals surface area contributed by atoms with E-state index in [0.29, 0.717) is 31.0 Å². The van der Waals surface area contributed by atoms with E-state index < -0.39 is 6.61 Å². The molecule has 2 saturated heterocycles. The molecule has 0 aromatic carbocycles. The summed E-state index contributed by atoms with van der Waals surface area (Å²) in [6.45, 7) is 2.01. The first-order chi connectivity index (χ1) is 11.1. The third-order valence-corrected chi connectivity index (χ3v) is 5.50. The van der Waals surface area contributed by atoms with Crippen LogP contribution in [0.25, 0.3) is 0 Å². The van der Waals surface area contributed by atoms with Gasteiger partial charge in [0.05, 0.1) is 12.6 Å². The zero-order chi connectivity index (χ0) is 16.4. The summed E-state index contributed by atoms with van der Waals surface area (Å²) in [5.41, 5.74) is 0. The lowest BCUT2D eigenvalue weighted by Crippen LogP contribution is -2.43. The molecule has 24 heavy (non-hydrogen) atoms. The number of carbonyl (C=O) groups is 2. The van der Waals surface area contributed by atoms with Crippen LogP contribution in [0.1, 0.15) is 25.7 Å². The van der Waals surface area contributed by atoms with Gasteiger partial charge in [0, 0.05) is 25.7 Å². The molecule has 2 aliphatic heterocycles. The standard InChI is InChI=1S/C16H24N4O3.ClH/c17-6-14-2-1-3-20(14)15(22)7-18-13-4-11-8-19(16(23)10-21)9-12(11)5-13;/h11-14,18,21H,1-5,7-10H2;1H/t11-,12+,13?,14-;/m0./s1. The molecule has 7 nitrogen and oxygen atoms in total. The molecular weight excluding hydrogens is 332 g/mol. The predicted octanol–water partition coefficient (Wildman–Crippen LogP) is -0.258. The van der Waals surface area contributed by atoms with Gasteiger partial charge >= 0.3 is 0 Å². The maximum absolute atomic E-state index is 12.2. The van der Waals surface area contributed by atoms with Crippen molar-refractivity contribution >= 4 is 24.2 Å². The van der Waals surface area contributed by atoms with E-state index in [1.165, 1.54) is 0 Å². The van der Waals surface area contributed by atoms with Gasteiger partial charge < -0.3 is 20.2 Å². The van der Waals surface area contributed by atoms with Gasteiger partial charge in [-0.2, -0.15) is 5.26 Å². The first kappa shape index (κ1) is 19.0. The van der Waals surface area contributed by atoms with E-state index in [-0.39, 0.29) is 30.3 Å². The van der Waals surface area contributed by atoms with E-state index in [1.54, 1.807) is 9.80 Å². The Hall–Kier alpha value is -1.36. The molecule has 2 N–H and O–H groups in total. The van der Waals surface area contributed by atoms with Crippen molar-refractivity contribution in [2.75, 3.05) is 32.8 Å². The Morgan fingerprint density at radius 3 is 2.46 bits per heavy atom. The Morgan fingerprint density at radius 1 is 1.21 bits per heavy atom. The number of carbonyl (C=O) groups excluding carboxylic acids is 2. The number of likely N-dealkylation sites (tertiary alicyclic amines) is 2. The van der Waals surface area contributed by atoms with Crippen LogP contribution in [0.15, 0.2) is 0 Å². The summed E-state index contributed by atoms with van der Waals surface area (Å²) < 4.78 is 0. The molecule has 1 saturated carbocycles. The lowest BCUT2D eigenvalue weighted by atomic mass is 10.0. The number of hydrogen-bond donors (Lipinski definition) is 2. The third kappa shape index (κ3) is 3.82. The molecular formula is C16H25ClN4O3. The van der Waals surface area contributed by atoms with Crippen LogP contribution in [0.4, 0.5) is 0 Å². The van der Waals surface area contributed by atoms with E-state index >= 15 is 0 Å². The van der Waals surface area contributed by atoms with Gasteiger partial charge in [0.25, 0.3) is 0 Å². The first-order valence-corrected chi connectivity index (χ1v) is 8.43. The van der Waals surface area contributed by atoms with Gasteiger partial charge in [-0.05, 0) is 37.5 Å². The van der Waals surface area contributed by atoms with Crippen molar-refractivity contribution in [3.63, 3.8) is 0 Å². The smallest absolute Gasteiger partial charge is 0.248 e. The normalized spacial score (nSPS) is 31.5. The monoisotopic (exact) mass is 356 g/mol. The van der Waals surface area contributed by atoms with Crippen molar-refractivity contribution in [1.29, 1.82) is 5.26 Å². The van der Waals surface area contributed by atoms with E-state index in [4.69, 9.17) is 10.4 Å². The van der Waals surface area contributed by atoms with Crippen LogP contribution in [0.3, 0.4) is 0 Å². The summed E-state index contributed by atoms with van der Waals surface area (Å²) in [6.07, 6.45) is 3.63. The van der Waals surface area contributed by atoms with Crippen LogP contribution in [0.2, 0.25) is 0 Å². The molecule has 3 aliphatic rings. The highest BCUT2D eigenvalue weighted by molar-refractivity contribution is 5.85. The largest absolute Gasteiger partial charge is 0.387 e. The number of aliphatic hydroxyl groups is 1. The Balaban J connectivity index is 0.00000208. The molecule has 134 valence electrons. The van der Waals surface area contributed by atoms with Crippen molar-refractivity contribution in [2.45, 2.75) is 37.8 Å². The third-order valence-electron chi connectivity index (χ3n) is 5.50. The molecule has 2 heterocycles. The number of nitrogens with one attached hydrogen (secondary N) is 1. The molecule has 2 amide bonds. The van der Waals surface area contributed by atoms with Crippen molar-refractivity contribution in [1.82, 2.24) is 15.1 Å². The van der Waals surface area contributed by atoms with E-state index in [0.717, 1.165) is 38.8 Å². The highest BCUT2D eigenvalue weighted by Gasteiger charge is 2.42. The number of nitriles is 1. The maximum Gasteiger partial charge on any atom is 0.248 e. The Labute approximate surface area is 148 Å². The number of hydrogen-bond acceptors (Lipinski definition) is 5. The summed E-state index contributed by atoms with van der Waals surface area (Å²) in [5.74, 6) is 0.771. The van der Waals surface area contributed by atoms with Crippen molar-refractivity contribution in [2.24, 2.45) is 11.8 Å². The predicted molar refractivity (Wildman–Crippen MR) is 89.3 cm³/mol. The minimum absolute atomic E-state index is 0.